The summed E-state index contributed by atoms with van der Waals surface area (Å²) in [6, 6.07) is 0. The number of hydrogen-bond acceptors (Lipinski definition) is 4. The summed E-state index contributed by atoms with van der Waals surface area (Å²) in [5, 5.41) is 0. The Hall–Kier alpha value is -2.04. The molecule has 0 aromatic rings. The van der Waals surface area contributed by atoms with Gasteiger partial charge in [0.1, 0.15) is 12.2 Å². The van der Waals surface area contributed by atoms with Crippen LogP contribution < -0.4 is 0 Å². The molecule has 3 unspecified atom stereocenters. The second-order valence-electron chi connectivity index (χ2n) is 14.1. The van der Waals surface area contributed by atoms with E-state index in [2.05, 4.69) is 9.47 Å². The molecule has 0 saturated heterocycles. The number of ether oxygens (including phenoxy) is 2. The molecule has 18 heteroatoms. The number of esters is 2. The first-order chi connectivity index (χ1) is 21.1. The van der Waals surface area contributed by atoms with Crippen molar-refractivity contribution in [2.45, 2.75) is 127 Å². The minimum Gasteiger partial charge on any atom is -0.458 e. The minimum absolute atomic E-state index is 0.00665. The van der Waals surface area contributed by atoms with Gasteiger partial charge in [0, 0.05) is 5.92 Å². The Morgan fingerprint density at radius 1 is 0.638 bits per heavy atom. The average Bonchev–Trinajstić information content (AvgIpc) is 3.29. The lowest BCUT2D eigenvalue weighted by molar-refractivity contribution is -0.349. The van der Waals surface area contributed by atoms with Crippen LogP contribution in [0.3, 0.4) is 0 Å². The van der Waals surface area contributed by atoms with E-state index in [1.807, 2.05) is 13.8 Å². The zero-order valence-corrected chi connectivity index (χ0v) is 25.3. The SMILES string of the molecule is CC(OC(=O)C(F)(F)C(F)(F)C(F)(F)F)[C@H]1CC[C@H]2[C@@H]3CCC4CC(OC(=O)C(F)(F)C(F)(F)C(F)(F)F)CC[C@]4(C)[C@H]3CC[C@]12C. The first-order valence-corrected chi connectivity index (χ1v) is 15.1. The van der Waals surface area contributed by atoms with Crippen LogP contribution >= 0.6 is 0 Å². The quantitative estimate of drug-likeness (QED) is 0.195. The van der Waals surface area contributed by atoms with Gasteiger partial charge in [-0.15, -0.1) is 0 Å². The van der Waals surface area contributed by atoms with Crippen LogP contribution in [0.2, 0.25) is 0 Å². The third-order valence-electron chi connectivity index (χ3n) is 11.8. The number of hydrogen-bond donors (Lipinski definition) is 0. The lowest BCUT2D eigenvalue weighted by Crippen LogP contribution is -2.58. The molecule has 4 rings (SSSR count). The topological polar surface area (TPSA) is 52.6 Å². The van der Waals surface area contributed by atoms with Gasteiger partial charge in [0.15, 0.2) is 0 Å². The van der Waals surface area contributed by atoms with Gasteiger partial charge in [-0.1, -0.05) is 13.8 Å². The van der Waals surface area contributed by atoms with Crippen LogP contribution in [0, 0.1) is 40.4 Å². The van der Waals surface area contributed by atoms with Crippen molar-refractivity contribution in [1.29, 1.82) is 0 Å². The van der Waals surface area contributed by atoms with Crippen LogP contribution in [-0.2, 0) is 19.1 Å². The van der Waals surface area contributed by atoms with Crippen LogP contribution in [-0.4, -0.2) is 60.2 Å². The molecular formula is C29H34F14O4. The summed E-state index contributed by atoms with van der Waals surface area (Å²) in [4.78, 5) is 23.8. The summed E-state index contributed by atoms with van der Waals surface area (Å²) >= 11 is 0. The molecule has 0 N–H and O–H groups in total. The Morgan fingerprint density at radius 2 is 1.13 bits per heavy atom. The highest BCUT2D eigenvalue weighted by molar-refractivity contribution is 5.79. The molecule has 0 aromatic heterocycles. The Kier molecular flexibility index (Phi) is 9.25. The van der Waals surface area contributed by atoms with Gasteiger partial charge < -0.3 is 9.47 Å². The fourth-order valence-electron chi connectivity index (χ4n) is 9.30. The van der Waals surface area contributed by atoms with Crippen molar-refractivity contribution in [3.05, 3.63) is 0 Å². The average molecular weight is 713 g/mol. The van der Waals surface area contributed by atoms with Gasteiger partial charge in [-0.05, 0) is 99.2 Å². The van der Waals surface area contributed by atoms with Crippen molar-refractivity contribution in [1.82, 2.24) is 0 Å². The van der Waals surface area contributed by atoms with Crippen LogP contribution in [0.5, 0.6) is 0 Å². The summed E-state index contributed by atoms with van der Waals surface area (Å²) < 4.78 is 193. The Bertz CT molecular complexity index is 1220. The van der Waals surface area contributed by atoms with E-state index < -0.39 is 76.9 Å². The third-order valence-corrected chi connectivity index (χ3v) is 11.8. The Morgan fingerprint density at radius 3 is 1.66 bits per heavy atom. The molecule has 0 aliphatic heterocycles. The van der Waals surface area contributed by atoms with Crippen LogP contribution in [0.1, 0.15) is 78.6 Å². The fourth-order valence-corrected chi connectivity index (χ4v) is 9.30. The number of carbonyl (C=O) groups excluding carboxylic acids is 2. The van der Waals surface area contributed by atoms with Gasteiger partial charge >= 0.3 is 48.0 Å². The normalized spacial score (nSPS) is 36.1. The first-order valence-electron chi connectivity index (χ1n) is 15.1. The maximum Gasteiger partial charge on any atom is 0.460 e. The molecule has 47 heavy (non-hydrogen) atoms. The molecule has 4 saturated carbocycles. The molecule has 0 amide bonds. The van der Waals surface area contributed by atoms with Gasteiger partial charge in [-0.2, -0.15) is 61.5 Å². The zero-order valence-electron chi connectivity index (χ0n) is 25.3. The van der Waals surface area contributed by atoms with E-state index in [9.17, 15) is 71.1 Å². The Balaban J connectivity index is 1.43. The molecule has 0 spiro atoms. The molecule has 0 bridgehead atoms. The van der Waals surface area contributed by atoms with Gasteiger partial charge in [0.25, 0.3) is 0 Å². The standard InChI is InChI=1S/C29H34F14O4/c1-13(46-20(44)24(30,31)26(34,35)28(38,39)40)17-6-7-18-16-5-4-14-12-15(8-10-22(14,2)19(16)9-11-23(17,18)3)47-21(45)25(32,33)27(36,37)29(41,42)43/h13-19H,4-12H2,1-3H3/t13?,14?,15?,16-,17+,18-,19-,22-,23+/m0/s1. The van der Waals surface area contributed by atoms with Crippen LogP contribution in [0.25, 0.3) is 0 Å². The van der Waals surface area contributed by atoms with Crippen LogP contribution in [0.4, 0.5) is 61.5 Å². The molecule has 4 aliphatic rings. The summed E-state index contributed by atoms with van der Waals surface area (Å²) in [5.74, 6) is -32.6. The van der Waals surface area contributed by atoms with Gasteiger partial charge in [0.2, 0.25) is 0 Å². The number of halogens is 14. The van der Waals surface area contributed by atoms with E-state index in [-0.39, 0.29) is 42.9 Å². The minimum atomic E-state index is -6.70. The molecule has 0 heterocycles. The first kappa shape index (κ1) is 37.8. The molecule has 4 aliphatic carbocycles. The van der Waals surface area contributed by atoms with Gasteiger partial charge in [-0.25, -0.2) is 9.59 Å². The van der Waals surface area contributed by atoms with E-state index in [0.717, 1.165) is 0 Å². The van der Waals surface area contributed by atoms with E-state index in [0.29, 0.717) is 38.5 Å². The number of rotatable bonds is 7. The van der Waals surface area contributed by atoms with Gasteiger partial charge in [-0.3, -0.25) is 0 Å². The van der Waals surface area contributed by atoms with Crippen LogP contribution in [0.15, 0.2) is 0 Å². The molecule has 4 fully saturated rings. The predicted molar refractivity (Wildman–Crippen MR) is 133 cm³/mol. The highest BCUT2D eigenvalue weighted by Crippen LogP contribution is 2.68. The van der Waals surface area contributed by atoms with Crippen molar-refractivity contribution >= 4 is 11.9 Å². The zero-order chi connectivity index (χ0) is 36.0. The second kappa shape index (κ2) is 11.5. The summed E-state index contributed by atoms with van der Waals surface area (Å²) in [6.45, 7) is 4.92. The summed E-state index contributed by atoms with van der Waals surface area (Å²) in [5.41, 5.74) is -1.15. The van der Waals surface area contributed by atoms with Crippen molar-refractivity contribution < 1.29 is 80.5 Å². The highest BCUT2D eigenvalue weighted by atomic mass is 19.4. The largest absolute Gasteiger partial charge is 0.460 e. The number of carbonyl (C=O) groups is 2. The lowest BCUT2D eigenvalue weighted by Gasteiger charge is -2.61. The molecule has 0 radical (unpaired) electrons. The van der Waals surface area contributed by atoms with Crippen molar-refractivity contribution in [3.63, 3.8) is 0 Å². The Labute approximate surface area is 260 Å². The summed E-state index contributed by atoms with van der Waals surface area (Å²) in [6.07, 6.45) is -13.3. The van der Waals surface area contributed by atoms with Crippen molar-refractivity contribution in [3.8, 4) is 0 Å². The molecule has 9 atom stereocenters. The van der Waals surface area contributed by atoms with E-state index in [1.165, 1.54) is 6.92 Å². The van der Waals surface area contributed by atoms with Crippen molar-refractivity contribution in [2.24, 2.45) is 40.4 Å². The van der Waals surface area contributed by atoms with E-state index >= 15 is 0 Å². The fraction of sp³-hybridized carbons (Fsp3) is 0.931. The second-order valence-corrected chi connectivity index (χ2v) is 14.1. The molecule has 0 aromatic carbocycles. The van der Waals surface area contributed by atoms with E-state index in [4.69, 9.17) is 0 Å². The number of alkyl halides is 14. The molecular weight excluding hydrogens is 678 g/mol. The van der Waals surface area contributed by atoms with Gasteiger partial charge in [0.05, 0.1) is 0 Å². The number of fused-ring (bicyclic) bond motifs is 5. The molecule has 4 nitrogen and oxygen atoms in total. The predicted octanol–water partition coefficient (Wildman–Crippen LogP) is 9.15. The smallest absolute Gasteiger partial charge is 0.458 e. The third kappa shape index (κ3) is 5.76. The maximum atomic E-state index is 14.0. The summed E-state index contributed by atoms with van der Waals surface area (Å²) in [7, 11) is 0. The highest BCUT2D eigenvalue weighted by Gasteiger charge is 2.78. The molecule has 272 valence electrons. The van der Waals surface area contributed by atoms with Crippen molar-refractivity contribution in [2.75, 3.05) is 0 Å². The maximum absolute atomic E-state index is 14.0. The lowest BCUT2D eigenvalue weighted by atomic mass is 9.44. The van der Waals surface area contributed by atoms with E-state index in [1.54, 1.807) is 0 Å². The monoisotopic (exact) mass is 712 g/mol.